The number of aromatic nitrogens is 5. The lowest BCUT2D eigenvalue weighted by molar-refractivity contribution is 0.456. The monoisotopic (exact) mass is 366 g/mol. The van der Waals surface area contributed by atoms with Gasteiger partial charge < -0.3 is 4.90 Å². The van der Waals surface area contributed by atoms with Gasteiger partial charge >= 0.3 is 0 Å². The summed E-state index contributed by atoms with van der Waals surface area (Å²) in [5.41, 5.74) is 2.76. The Kier molecular flexibility index (Phi) is 4.25. The van der Waals surface area contributed by atoms with E-state index in [0.29, 0.717) is 6.54 Å². The molecule has 1 fully saturated rings. The lowest BCUT2D eigenvalue weighted by atomic mass is 9.92. The van der Waals surface area contributed by atoms with Crippen molar-refractivity contribution in [2.45, 2.75) is 58.5 Å². The summed E-state index contributed by atoms with van der Waals surface area (Å²) in [6.45, 7) is 9.81. The van der Waals surface area contributed by atoms with E-state index >= 15 is 0 Å². The predicted molar refractivity (Wildman–Crippen MR) is 105 cm³/mol. The zero-order chi connectivity index (χ0) is 19.2. The molecular formula is C20H26N6O. The fourth-order valence-corrected chi connectivity index (χ4v) is 3.74. The van der Waals surface area contributed by atoms with Crippen LogP contribution in [0.4, 0.5) is 5.82 Å². The third-order valence-corrected chi connectivity index (χ3v) is 5.16. The van der Waals surface area contributed by atoms with Gasteiger partial charge in [-0.25, -0.2) is 14.2 Å². The van der Waals surface area contributed by atoms with Crippen LogP contribution in [-0.2, 0) is 12.0 Å². The van der Waals surface area contributed by atoms with E-state index in [0.717, 1.165) is 42.1 Å². The molecule has 0 N–H and O–H groups in total. The van der Waals surface area contributed by atoms with E-state index in [9.17, 15) is 4.79 Å². The molecule has 0 saturated carbocycles. The summed E-state index contributed by atoms with van der Waals surface area (Å²) in [5, 5.41) is 9.13. The SMILES string of the molecule is Cc1cc2c(N3CCCC3Cn3nc(C(C)(C)C)ccc3=O)nccn2n1. The molecular weight excluding hydrogens is 340 g/mol. The highest BCUT2D eigenvalue weighted by Crippen LogP contribution is 2.28. The molecule has 1 aliphatic heterocycles. The minimum absolute atomic E-state index is 0.0544. The smallest absolute Gasteiger partial charge is 0.266 e. The van der Waals surface area contributed by atoms with Crippen molar-refractivity contribution in [3.8, 4) is 0 Å². The molecule has 0 aliphatic carbocycles. The summed E-state index contributed by atoms with van der Waals surface area (Å²) in [7, 11) is 0. The number of aryl methyl sites for hydroxylation is 1. The van der Waals surface area contributed by atoms with Crippen LogP contribution in [0.1, 0.15) is 45.0 Å². The molecule has 1 atom stereocenters. The molecule has 0 aromatic carbocycles. The Hall–Kier alpha value is -2.70. The van der Waals surface area contributed by atoms with Gasteiger partial charge in [0, 0.05) is 30.4 Å². The fourth-order valence-electron chi connectivity index (χ4n) is 3.74. The van der Waals surface area contributed by atoms with Gasteiger partial charge in [0.05, 0.1) is 24.0 Å². The number of anilines is 1. The van der Waals surface area contributed by atoms with E-state index in [1.54, 1.807) is 16.9 Å². The molecule has 142 valence electrons. The first-order chi connectivity index (χ1) is 12.8. The van der Waals surface area contributed by atoms with Gasteiger partial charge in [-0.3, -0.25) is 4.79 Å². The van der Waals surface area contributed by atoms with Gasteiger partial charge in [-0.15, -0.1) is 0 Å². The molecule has 7 nitrogen and oxygen atoms in total. The van der Waals surface area contributed by atoms with Gasteiger partial charge in [-0.2, -0.15) is 10.2 Å². The first kappa shape index (κ1) is 17.7. The van der Waals surface area contributed by atoms with E-state index in [1.165, 1.54) is 0 Å². The van der Waals surface area contributed by atoms with Crippen molar-refractivity contribution < 1.29 is 0 Å². The van der Waals surface area contributed by atoms with Crippen LogP contribution in [0.25, 0.3) is 5.52 Å². The number of hydrogen-bond donors (Lipinski definition) is 0. The second-order valence-corrected chi connectivity index (χ2v) is 8.34. The lowest BCUT2D eigenvalue weighted by Crippen LogP contribution is -2.38. The molecule has 3 aromatic rings. The van der Waals surface area contributed by atoms with Crippen LogP contribution in [-0.4, -0.2) is 37.0 Å². The van der Waals surface area contributed by atoms with E-state index in [-0.39, 0.29) is 17.0 Å². The van der Waals surface area contributed by atoms with Gasteiger partial charge in [0.2, 0.25) is 0 Å². The molecule has 0 radical (unpaired) electrons. The molecule has 0 spiro atoms. The van der Waals surface area contributed by atoms with Crippen LogP contribution in [0.3, 0.4) is 0 Å². The van der Waals surface area contributed by atoms with Gasteiger partial charge in [0.1, 0.15) is 5.52 Å². The topological polar surface area (TPSA) is 68.3 Å². The van der Waals surface area contributed by atoms with Gasteiger partial charge in [-0.05, 0) is 31.9 Å². The van der Waals surface area contributed by atoms with Crippen LogP contribution in [0.2, 0.25) is 0 Å². The third kappa shape index (κ3) is 3.34. The zero-order valence-corrected chi connectivity index (χ0v) is 16.4. The quantitative estimate of drug-likeness (QED) is 0.713. The van der Waals surface area contributed by atoms with Crippen LogP contribution in [0, 0.1) is 6.92 Å². The van der Waals surface area contributed by atoms with Crippen molar-refractivity contribution >= 4 is 11.3 Å². The van der Waals surface area contributed by atoms with E-state index in [4.69, 9.17) is 0 Å². The Labute approximate surface area is 158 Å². The Morgan fingerprint density at radius 3 is 2.81 bits per heavy atom. The van der Waals surface area contributed by atoms with Crippen LogP contribution >= 0.6 is 0 Å². The third-order valence-electron chi connectivity index (χ3n) is 5.16. The first-order valence-corrected chi connectivity index (χ1v) is 9.49. The molecule has 1 unspecified atom stereocenters. The van der Waals surface area contributed by atoms with Crippen molar-refractivity contribution in [2.24, 2.45) is 0 Å². The highest BCUT2D eigenvalue weighted by Gasteiger charge is 2.29. The van der Waals surface area contributed by atoms with Crippen molar-refractivity contribution in [3.63, 3.8) is 0 Å². The van der Waals surface area contributed by atoms with Crippen molar-refractivity contribution in [3.05, 3.63) is 52.3 Å². The fraction of sp³-hybridized carbons (Fsp3) is 0.500. The van der Waals surface area contributed by atoms with Crippen molar-refractivity contribution in [1.29, 1.82) is 0 Å². The number of rotatable bonds is 3. The summed E-state index contributed by atoms with van der Waals surface area (Å²) in [5.74, 6) is 0.931. The van der Waals surface area contributed by atoms with E-state index < -0.39 is 0 Å². The summed E-state index contributed by atoms with van der Waals surface area (Å²) >= 11 is 0. The largest absolute Gasteiger partial charge is 0.350 e. The number of hydrogen-bond acceptors (Lipinski definition) is 5. The average molecular weight is 366 g/mol. The second kappa shape index (κ2) is 6.48. The molecule has 1 saturated heterocycles. The number of fused-ring (bicyclic) bond motifs is 1. The summed E-state index contributed by atoms with van der Waals surface area (Å²) in [6.07, 6.45) is 5.75. The molecule has 7 heteroatoms. The average Bonchev–Trinajstić information content (AvgIpc) is 3.20. The van der Waals surface area contributed by atoms with E-state index in [2.05, 4.69) is 46.9 Å². The summed E-state index contributed by atoms with van der Waals surface area (Å²) in [6, 6.07) is 5.72. The Balaban J connectivity index is 1.67. The molecule has 0 bridgehead atoms. The molecule has 27 heavy (non-hydrogen) atoms. The number of nitrogens with zero attached hydrogens (tertiary/aromatic N) is 6. The maximum Gasteiger partial charge on any atom is 0.266 e. The normalized spacial score (nSPS) is 17.8. The zero-order valence-electron chi connectivity index (χ0n) is 16.4. The highest BCUT2D eigenvalue weighted by molar-refractivity contribution is 5.69. The summed E-state index contributed by atoms with van der Waals surface area (Å²) < 4.78 is 3.49. The Morgan fingerprint density at radius 2 is 2.04 bits per heavy atom. The summed E-state index contributed by atoms with van der Waals surface area (Å²) in [4.78, 5) is 19.3. The van der Waals surface area contributed by atoms with Crippen LogP contribution in [0.15, 0.2) is 35.4 Å². The Morgan fingerprint density at radius 1 is 1.22 bits per heavy atom. The second-order valence-electron chi connectivity index (χ2n) is 8.34. The van der Waals surface area contributed by atoms with Gasteiger partial charge in [0.15, 0.2) is 5.82 Å². The molecule has 4 rings (SSSR count). The first-order valence-electron chi connectivity index (χ1n) is 9.49. The maximum absolute atomic E-state index is 12.4. The van der Waals surface area contributed by atoms with Crippen molar-refractivity contribution in [1.82, 2.24) is 24.4 Å². The van der Waals surface area contributed by atoms with Crippen LogP contribution in [0.5, 0.6) is 0 Å². The van der Waals surface area contributed by atoms with E-state index in [1.807, 2.05) is 23.7 Å². The maximum atomic E-state index is 12.4. The standard InChI is InChI=1S/C20H26N6O/c1-14-12-16-19(21-9-11-25(16)22-14)24-10-5-6-15(24)13-26-18(27)8-7-17(23-26)20(2,3)4/h7-9,11-12,15H,5-6,10,13H2,1-4H3. The minimum atomic E-state index is -0.0902. The minimum Gasteiger partial charge on any atom is -0.350 e. The lowest BCUT2D eigenvalue weighted by Gasteiger charge is -2.27. The molecule has 4 heterocycles. The highest BCUT2D eigenvalue weighted by atomic mass is 16.1. The molecule has 3 aromatic heterocycles. The van der Waals surface area contributed by atoms with Gasteiger partial charge in [-0.1, -0.05) is 20.8 Å². The molecule has 1 aliphatic rings. The van der Waals surface area contributed by atoms with Crippen molar-refractivity contribution in [2.75, 3.05) is 11.4 Å². The van der Waals surface area contributed by atoms with Crippen LogP contribution < -0.4 is 10.5 Å². The molecule has 0 amide bonds. The van der Waals surface area contributed by atoms with Gasteiger partial charge in [0.25, 0.3) is 5.56 Å². The predicted octanol–water partition coefficient (Wildman–Crippen LogP) is 2.56. The Bertz CT molecular complexity index is 1030.